The van der Waals surface area contributed by atoms with Gasteiger partial charge >= 0.3 is 0 Å². The summed E-state index contributed by atoms with van der Waals surface area (Å²) in [5.74, 6) is 1.10. The number of nitrogens with zero attached hydrogens (tertiary/aromatic N) is 1. The van der Waals surface area contributed by atoms with Gasteiger partial charge in [0.1, 0.15) is 5.75 Å². The Morgan fingerprint density at radius 2 is 2.10 bits per heavy atom. The lowest BCUT2D eigenvalue weighted by Crippen LogP contribution is -2.14. The first-order valence-electron chi connectivity index (χ1n) is 6.48. The highest BCUT2D eigenvalue weighted by Gasteiger charge is 2.09. The molecule has 20 heavy (non-hydrogen) atoms. The average molecular weight is 311 g/mol. The van der Waals surface area contributed by atoms with Crippen molar-refractivity contribution in [2.75, 3.05) is 6.54 Å². The fraction of sp³-hybridized carbons (Fsp3) is 0.267. The number of hydrogen-bond acceptors (Lipinski definition) is 3. The predicted octanol–water partition coefficient (Wildman–Crippen LogP) is 4.68. The van der Waals surface area contributed by atoms with E-state index in [9.17, 15) is 0 Å². The molecule has 0 bridgehead atoms. The molecular formula is C15H16Cl2N2O. The van der Waals surface area contributed by atoms with E-state index in [1.807, 2.05) is 12.1 Å². The van der Waals surface area contributed by atoms with Crippen LogP contribution >= 0.6 is 23.2 Å². The molecule has 0 atom stereocenters. The molecule has 1 N–H and O–H groups in total. The van der Waals surface area contributed by atoms with Crippen LogP contribution in [0.25, 0.3) is 0 Å². The average Bonchev–Trinajstić information content (AvgIpc) is 2.44. The van der Waals surface area contributed by atoms with Crippen molar-refractivity contribution in [1.82, 2.24) is 10.3 Å². The Labute approximate surface area is 128 Å². The molecule has 0 spiro atoms. The monoisotopic (exact) mass is 310 g/mol. The van der Waals surface area contributed by atoms with Crippen molar-refractivity contribution in [2.45, 2.75) is 19.9 Å². The molecular weight excluding hydrogens is 295 g/mol. The van der Waals surface area contributed by atoms with Crippen molar-refractivity contribution in [3.8, 4) is 11.6 Å². The zero-order chi connectivity index (χ0) is 14.4. The first-order valence-corrected chi connectivity index (χ1v) is 7.24. The Balaban J connectivity index is 2.16. The minimum Gasteiger partial charge on any atom is -0.437 e. The second kappa shape index (κ2) is 7.48. The summed E-state index contributed by atoms with van der Waals surface area (Å²) in [5.41, 5.74) is 0.993. The van der Waals surface area contributed by atoms with E-state index < -0.39 is 0 Å². The van der Waals surface area contributed by atoms with Gasteiger partial charge in [0.15, 0.2) is 0 Å². The first kappa shape index (κ1) is 15.1. The molecule has 5 heteroatoms. The molecule has 1 heterocycles. The van der Waals surface area contributed by atoms with E-state index in [1.165, 1.54) is 0 Å². The largest absolute Gasteiger partial charge is 0.437 e. The highest BCUT2D eigenvalue weighted by atomic mass is 35.5. The molecule has 0 aliphatic carbocycles. The lowest BCUT2D eigenvalue weighted by Gasteiger charge is -2.11. The van der Waals surface area contributed by atoms with Crippen molar-refractivity contribution in [3.63, 3.8) is 0 Å². The number of benzene rings is 1. The first-order chi connectivity index (χ1) is 9.70. The number of nitrogens with one attached hydrogen (secondary N) is 1. The van der Waals surface area contributed by atoms with Gasteiger partial charge in [-0.3, -0.25) is 0 Å². The Bertz CT molecular complexity index is 576. The van der Waals surface area contributed by atoms with Gasteiger partial charge in [0.25, 0.3) is 0 Å². The van der Waals surface area contributed by atoms with Gasteiger partial charge in [-0.15, -0.1) is 0 Å². The second-order valence-corrected chi connectivity index (χ2v) is 5.16. The summed E-state index contributed by atoms with van der Waals surface area (Å²) in [6, 6.07) is 8.99. The third-order valence-electron chi connectivity index (χ3n) is 2.69. The molecule has 0 fully saturated rings. The van der Waals surface area contributed by atoms with Crippen LogP contribution in [0, 0.1) is 0 Å². The SMILES string of the molecule is CCCNCc1cccnc1Oc1ccc(Cl)cc1Cl. The molecule has 0 aliphatic heterocycles. The van der Waals surface area contributed by atoms with Crippen molar-refractivity contribution >= 4 is 23.2 Å². The fourth-order valence-electron chi connectivity index (χ4n) is 1.71. The van der Waals surface area contributed by atoms with Crippen molar-refractivity contribution in [2.24, 2.45) is 0 Å². The molecule has 0 unspecified atom stereocenters. The van der Waals surface area contributed by atoms with Gasteiger partial charge in [-0.2, -0.15) is 0 Å². The summed E-state index contributed by atoms with van der Waals surface area (Å²) >= 11 is 12.0. The van der Waals surface area contributed by atoms with Gasteiger partial charge in [-0.1, -0.05) is 36.2 Å². The Hall–Kier alpha value is -1.29. The number of ether oxygens (including phenoxy) is 1. The van der Waals surface area contributed by atoms with Gasteiger partial charge < -0.3 is 10.1 Å². The van der Waals surface area contributed by atoms with Crippen LogP contribution in [0.15, 0.2) is 36.5 Å². The molecule has 3 nitrogen and oxygen atoms in total. The second-order valence-electron chi connectivity index (χ2n) is 4.32. The number of hydrogen-bond donors (Lipinski definition) is 1. The highest BCUT2D eigenvalue weighted by molar-refractivity contribution is 6.35. The zero-order valence-electron chi connectivity index (χ0n) is 11.2. The Morgan fingerprint density at radius 1 is 1.25 bits per heavy atom. The van der Waals surface area contributed by atoms with E-state index in [-0.39, 0.29) is 0 Å². The highest BCUT2D eigenvalue weighted by Crippen LogP contribution is 2.31. The van der Waals surface area contributed by atoms with Gasteiger partial charge in [-0.05, 0) is 37.2 Å². The Morgan fingerprint density at radius 3 is 2.85 bits per heavy atom. The van der Waals surface area contributed by atoms with Crippen LogP contribution in [0.3, 0.4) is 0 Å². The third kappa shape index (κ3) is 4.10. The van der Waals surface area contributed by atoms with Crippen LogP contribution in [0.5, 0.6) is 11.6 Å². The van der Waals surface area contributed by atoms with Crippen LogP contribution < -0.4 is 10.1 Å². The van der Waals surface area contributed by atoms with Crippen LogP contribution in [-0.2, 0) is 6.54 Å². The van der Waals surface area contributed by atoms with E-state index in [2.05, 4.69) is 17.2 Å². The summed E-state index contributed by atoms with van der Waals surface area (Å²) in [6.45, 7) is 3.79. The lowest BCUT2D eigenvalue weighted by atomic mass is 10.2. The summed E-state index contributed by atoms with van der Waals surface area (Å²) in [6.07, 6.45) is 2.78. The molecule has 106 valence electrons. The number of pyridine rings is 1. The molecule has 2 aromatic rings. The van der Waals surface area contributed by atoms with E-state index in [0.717, 1.165) is 18.5 Å². The molecule has 0 amide bonds. The number of rotatable bonds is 6. The van der Waals surface area contributed by atoms with E-state index >= 15 is 0 Å². The minimum absolute atomic E-state index is 0.468. The molecule has 2 rings (SSSR count). The topological polar surface area (TPSA) is 34.2 Å². The normalized spacial score (nSPS) is 10.6. The summed E-state index contributed by atoms with van der Waals surface area (Å²) in [7, 11) is 0. The maximum atomic E-state index is 6.11. The van der Waals surface area contributed by atoms with Crippen molar-refractivity contribution in [1.29, 1.82) is 0 Å². The van der Waals surface area contributed by atoms with Crippen LogP contribution in [0.1, 0.15) is 18.9 Å². The Kier molecular flexibility index (Phi) is 5.65. The molecule has 0 aliphatic rings. The predicted molar refractivity (Wildman–Crippen MR) is 82.8 cm³/mol. The smallest absolute Gasteiger partial charge is 0.223 e. The van der Waals surface area contributed by atoms with Crippen LogP contribution in [0.2, 0.25) is 10.0 Å². The number of halogens is 2. The standard InChI is InChI=1S/C15H16Cl2N2O/c1-2-7-18-10-11-4-3-8-19-15(11)20-14-6-5-12(16)9-13(14)17/h3-6,8-9,18H,2,7,10H2,1H3. The maximum Gasteiger partial charge on any atom is 0.223 e. The van der Waals surface area contributed by atoms with Crippen molar-refractivity contribution in [3.05, 3.63) is 52.1 Å². The summed E-state index contributed by atoms with van der Waals surface area (Å²) in [5, 5.41) is 4.37. The summed E-state index contributed by atoms with van der Waals surface area (Å²) < 4.78 is 5.78. The molecule has 0 saturated carbocycles. The van der Waals surface area contributed by atoms with Gasteiger partial charge in [0.2, 0.25) is 5.88 Å². The van der Waals surface area contributed by atoms with Crippen LogP contribution in [0.4, 0.5) is 0 Å². The van der Waals surface area contributed by atoms with Crippen LogP contribution in [-0.4, -0.2) is 11.5 Å². The van der Waals surface area contributed by atoms with Gasteiger partial charge in [0, 0.05) is 23.3 Å². The summed E-state index contributed by atoms with van der Waals surface area (Å²) in [4.78, 5) is 4.26. The zero-order valence-corrected chi connectivity index (χ0v) is 12.7. The van der Waals surface area contributed by atoms with E-state index in [1.54, 1.807) is 24.4 Å². The van der Waals surface area contributed by atoms with Gasteiger partial charge in [0.05, 0.1) is 5.02 Å². The van der Waals surface area contributed by atoms with Crippen molar-refractivity contribution < 1.29 is 4.74 Å². The van der Waals surface area contributed by atoms with E-state index in [4.69, 9.17) is 27.9 Å². The molecule has 1 aromatic heterocycles. The lowest BCUT2D eigenvalue weighted by molar-refractivity contribution is 0.453. The van der Waals surface area contributed by atoms with E-state index in [0.29, 0.717) is 28.2 Å². The van der Waals surface area contributed by atoms with Gasteiger partial charge in [-0.25, -0.2) is 4.98 Å². The quantitative estimate of drug-likeness (QED) is 0.787. The molecule has 0 saturated heterocycles. The molecule has 0 radical (unpaired) electrons. The maximum absolute atomic E-state index is 6.11. The fourth-order valence-corrected chi connectivity index (χ4v) is 2.16. The molecule has 1 aromatic carbocycles. The third-order valence-corrected chi connectivity index (χ3v) is 3.22. The number of aromatic nitrogens is 1. The minimum atomic E-state index is 0.468.